The summed E-state index contributed by atoms with van der Waals surface area (Å²) in [5, 5.41) is 0. The number of hydrogen-bond donors (Lipinski definition) is 0. The highest BCUT2D eigenvalue weighted by Gasteiger charge is 2.21. The van der Waals surface area contributed by atoms with Crippen molar-refractivity contribution in [2.45, 2.75) is 13.0 Å². The second-order valence-corrected chi connectivity index (χ2v) is 5.93. The summed E-state index contributed by atoms with van der Waals surface area (Å²) in [5.41, 5.74) is 2.30. The molecule has 1 aromatic carbocycles. The van der Waals surface area contributed by atoms with Crippen LogP contribution in [0.5, 0.6) is 0 Å². The van der Waals surface area contributed by atoms with Gasteiger partial charge in [0.15, 0.2) is 0 Å². The summed E-state index contributed by atoms with van der Waals surface area (Å²) >= 11 is 0. The molecule has 0 atom stereocenters. The fourth-order valence-corrected chi connectivity index (χ4v) is 2.13. The zero-order chi connectivity index (χ0) is 13.9. The average molecular weight is 285 g/mol. The third-order valence-corrected chi connectivity index (χ3v) is 3.36. The van der Waals surface area contributed by atoms with Gasteiger partial charge in [0.1, 0.15) is 0 Å². The molecule has 2 rings (SSSR count). The quantitative estimate of drug-likeness (QED) is 0.614. The lowest BCUT2D eigenvalue weighted by atomic mass is 10.0. The zero-order valence-electron chi connectivity index (χ0n) is 10.5. The topological polar surface area (TPSA) is 72.9 Å². The second-order valence-electron chi connectivity index (χ2n) is 4.29. The monoisotopic (exact) mass is 285 g/mol. The third-order valence-electron chi connectivity index (χ3n) is 2.83. The fraction of sp³-hybridized carbons (Fsp3) is 0.417. The van der Waals surface area contributed by atoms with Crippen LogP contribution in [-0.2, 0) is 32.0 Å². The van der Waals surface area contributed by atoms with Gasteiger partial charge >= 0.3 is 6.09 Å². The van der Waals surface area contributed by atoms with Gasteiger partial charge in [0.25, 0.3) is 10.1 Å². The van der Waals surface area contributed by atoms with Gasteiger partial charge in [0.2, 0.25) is 6.79 Å². The molecule has 0 N–H and O–H groups in total. The van der Waals surface area contributed by atoms with E-state index in [-0.39, 0.29) is 0 Å². The molecule has 0 aromatic heterocycles. The van der Waals surface area contributed by atoms with Crippen LogP contribution >= 0.6 is 0 Å². The molecule has 0 aliphatic carbocycles. The zero-order valence-corrected chi connectivity index (χ0v) is 11.4. The van der Waals surface area contributed by atoms with E-state index in [2.05, 4.69) is 4.18 Å². The van der Waals surface area contributed by atoms with Crippen LogP contribution in [0.1, 0.15) is 11.1 Å². The first-order valence-corrected chi connectivity index (χ1v) is 7.60. The molecule has 0 unspecified atom stereocenters. The summed E-state index contributed by atoms with van der Waals surface area (Å²) in [4.78, 5) is 13.2. The number of hydrogen-bond acceptors (Lipinski definition) is 5. The molecule has 1 aliphatic heterocycles. The molecule has 1 aromatic rings. The van der Waals surface area contributed by atoms with E-state index in [4.69, 9.17) is 4.74 Å². The van der Waals surface area contributed by atoms with Crippen molar-refractivity contribution >= 4 is 16.2 Å². The minimum Gasteiger partial charge on any atom is -0.421 e. The summed E-state index contributed by atoms with van der Waals surface area (Å²) in [7, 11) is -3.59. The number of amides is 1. The number of nitrogens with zero attached hydrogens (tertiary/aromatic N) is 1. The van der Waals surface area contributed by atoms with Crippen molar-refractivity contribution in [1.29, 1.82) is 0 Å². The molecule has 1 amide bonds. The molecular weight excluding hydrogens is 270 g/mol. The molecule has 0 spiro atoms. The van der Waals surface area contributed by atoms with Gasteiger partial charge in [-0.25, -0.2) is 8.98 Å². The van der Waals surface area contributed by atoms with Crippen molar-refractivity contribution in [3.63, 3.8) is 0 Å². The lowest BCUT2D eigenvalue weighted by Crippen LogP contribution is -2.36. The molecule has 1 aliphatic rings. The lowest BCUT2D eigenvalue weighted by molar-refractivity contribution is 0.0362. The molecule has 19 heavy (non-hydrogen) atoms. The maximum absolute atomic E-state index is 11.7. The fourth-order valence-electron chi connectivity index (χ4n) is 1.90. The Bertz CT molecular complexity index is 569. The van der Waals surface area contributed by atoms with E-state index < -0.39 is 23.0 Å². The van der Waals surface area contributed by atoms with E-state index in [0.717, 1.165) is 18.2 Å². The number of rotatable bonds is 3. The molecule has 0 saturated carbocycles. The molecule has 7 heteroatoms. The normalized spacial score (nSPS) is 14.9. The molecule has 0 saturated heterocycles. The SMILES string of the molecule is CS(=O)(=O)OCOC(=O)N1CCc2ccccc2C1. The molecule has 104 valence electrons. The lowest BCUT2D eigenvalue weighted by Gasteiger charge is -2.27. The first-order chi connectivity index (χ1) is 8.96. The van der Waals surface area contributed by atoms with Gasteiger partial charge in [0, 0.05) is 13.1 Å². The Morgan fingerprint density at radius 3 is 2.68 bits per heavy atom. The van der Waals surface area contributed by atoms with Gasteiger partial charge in [-0.1, -0.05) is 24.3 Å². The number of benzene rings is 1. The van der Waals surface area contributed by atoms with Gasteiger partial charge in [-0.05, 0) is 17.5 Å². The van der Waals surface area contributed by atoms with Gasteiger partial charge in [-0.15, -0.1) is 0 Å². The Labute approximate surface area is 112 Å². The average Bonchev–Trinajstić information content (AvgIpc) is 2.36. The van der Waals surface area contributed by atoms with Gasteiger partial charge in [-0.3, -0.25) is 0 Å². The first-order valence-electron chi connectivity index (χ1n) is 5.78. The van der Waals surface area contributed by atoms with Gasteiger partial charge < -0.3 is 9.64 Å². The van der Waals surface area contributed by atoms with Crippen molar-refractivity contribution < 1.29 is 22.1 Å². The van der Waals surface area contributed by atoms with E-state index in [9.17, 15) is 13.2 Å². The number of carbonyl (C=O) groups is 1. The molecule has 0 radical (unpaired) electrons. The highest BCUT2D eigenvalue weighted by atomic mass is 32.2. The summed E-state index contributed by atoms with van der Waals surface area (Å²) in [6, 6.07) is 7.87. The highest BCUT2D eigenvalue weighted by molar-refractivity contribution is 7.85. The smallest absolute Gasteiger partial charge is 0.412 e. The molecular formula is C12H15NO5S. The minimum atomic E-state index is -3.59. The second kappa shape index (κ2) is 5.58. The van der Waals surface area contributed by atoms with Crippen LogP contribution < -0.4 is 0 Å². The van der Waals surface area contributed by atoms with Crippen molar-refractivity contribution in [3.05, 3.63) is 35.4 Å². The summed E-state index contributed by atoms with van der Waals surface area (Å²) in [5.74, 6) is 0. The predicted octanol–water partition coefficient (Wildman–Crippen LogP) is 1.11. The predicted molar refractivity (Wildman–Crippen MR) is 67.8 cm³/mol. The largest absolute Gasteiger partial charge is 0.421 e. The summed E-state index contributed by atoms with van der Waals surface area (Å²) < 4.78 is 30.6. The Hall–Kier alpha value is -1.60. The van der Waals surface area contributed by atoms with Crippen molar-refractivity contribution in [2.75, 3.05) is 19.6 Å². The Kier molecular flexibility index (Phi) is 4.06. The Morgan fingerprint density at radius 1 is 1.32 bits per heavy atom. The number of fused-ring (bicyclic) bond motifs is 1. The van der Waals surface area contributed by atoms with Gasteiger partial charge in [-0.2, -0.15) is 8.42 Å². The molecule has 0 fully saturated rings. The standard InChI is InChI=1S/C12H15NO5S/c1-19(15,16)18-9-17-12(14)13-7-6-10-4-2-3-5-11(10)8-13/h2-5H,6-9H2,1H3. The van der Waals surface area contributed by atoms with E-state index in [1.165, 1.54) is 10.5 Å². The van der Waals surface area contributed by atoms with E-state index in [1.807, 2.05) is 24.3 Å². The first kappa shape index (κ1) is 13.8. The summed E-state index contributed by atoms with van der Waals surface area (Å²) in [6.45, 7) is 0.429. The van der Waals surface area contributed by atoms with Crippen LogP contribution in [0.25, 0.3) is 0 Å². The van der Waals surface area contributed by atoms with E-state index in [0.29, 0.717) is 13.1 Å². The van der Waals surface area contributed by atoms with Crippen molar-refractivity contribution in [3.8, 4) is 0 Å². The van der Waals surface area contributed by atoms with Crippen LogP contribution in [0.3, 0.4) is 0 Å². The maximum Gasteiger partial charge on any atom is 0.412 e. The van der Waals surface area contributed by atoms with Crippen LogP contribution in [0.4, 0.5) is 4.79 Å². The number of carbonyl (C=O) groups excluding carboxylic acids is 1. The molecule has 0 bridgehead atoms. The highest BCUT2D eigenvalue weighted by Crippen LogP contribution is 2.18. The van der Waals surface area contributed by atoms with Crippen molar-refractivity contribution in [2.24, 2.45) is 0 Å². The molecule has 6 nitrogen and oxygen atoms in total. The minimum absolute atomic E-state index is 0.466. The Balaban J connectivity index is 1.89. The van der Waals surface area contributed by atoms with Crippen LogP contribution in [0, 0.1) is 0 Å². The Morgan fingerprint density at radius 2 is 2.00 bits per heavy atom. The maximum atomic E-state index is 11.7. The van der Waals surface area contributed by atoms with Crippen LogP contribution in [0.15, 0.2) is 24.3 Å². The van der Waals surface area contributed by atoms with Crippen LogP contribution in [-0.4, -0.2) is 39.0 Å². The van der Waals surface area contributed by atoms with Crippen LogP contribution in [0.2, 0.25) is 0 Å². The molecule has 1 heterocycles. The third kappa shape index (κ3) is 3.93. The summed E-state index contributed by atoms with van der Waals surface area (Å²) in [6.07, 6.45) is 1.09. The van der Waals surface area contributed by atoms with Gasteiger partial charge in [0.05, 0.1) is 6.26 Å². The number of ether oxygens (including phenoxy) is 1. The van der Waals surface area contributed by atoms with E-state index >= 15 is 0 Å². The van der Waals surface area contributed by atoms with E-state index in [1.54, 1.807) is 0 Å². The van der Waals surface area contributed by atoms with Crippen molar-refractivity contribution in [1.82, 2.24) is 4.90 Å².